The van der Waals surface area contributed by atoms with E-state index >= 15 is 0 Å². The number of hydrogen-bond donors (Lipinski definition) is 1. The summed E-state index contributed by atoms with van der Waals surface area (Å²) in [6.45, 7) is 4.11. The van der Waals surface area contributed by atoms with Crippen LogP contribution in [0.4, 0.5) is 0 Å². The topological polar surface area (TPSA) is 59.7 Å². The van der Waals surface area contributed by atoms with Crippen LogP contribution in [-0.2, 0) is 11.3 Å². The van der Waals surface area contributed by atoms with Gasteiger partial charge in [-0.2, -0.15) is 0 Å². The number of ether oxygens (including phenoxy) is 1. The second-order valence-electron chi connectivity index (χ2n) is 3.92. The predicted octanol–water partition coefficient (Wildman–Crippen LogP) is 2.16. The molecule has 1 aromatic rings. The van der Waals surface area contributed by atoms with Crippen molar-refractivity contribution >= 4 is 6.29 Å². The average molecular weight is 226 g/mol. The smallest absolute Gasteiger partial charge is 0.185 e. The van der Waals surface area contributed by atoms with Crippen LogP contribution in [0.1, 0.15) is 42.8 Å². The lowest BCUT2D eigenvalue weighted by Gasteiger charge is -2.01. The summed E-state index contributed by atoms with van der Waals surface area (Å²) in [5.74, 6) is 0.206. The molecule has 1 aliphatic rings. The Morgan fingerprint density at radius 3 is 2.38 bits per heavy atom. The van der Waals surface area contributed by atoms with Crippen molar-refractivity contribution in [1.29, 1.82) is 0 Å². The molecule has 2 rings (SSSR count). The molecule has 1 fully saturated rings. The lowest BCUT2D eigenvalue weighted by molar-refractivity contribution is 0.0673. The monoisotopic (exact) mass is 226 g/mol. The van der Waals surface area contributed by atoms with E-state index in [2.05, 4.69) is 18.3 Å². The molecule has 4 nitrogen and oxygen atoms in total. The molecular weight excluding hydrogens is 208 g/mol. The van der Waals surface area contributed by atoms with E-state index in [1.54, 1.807) is 6.07 Å². The van der Waals surface area contributed by atoms with Crippen LogP contribution in [0, 0.1) is 0 Å². The molecule has 90 valence electrons. The highest BCUT2D eigenvalue weighted by atomic mass is 16.5. The number of rotatable bonds is 2. The van der Waals surface area contributed by atoms with Gasteiger partial charge in [0.05, 0.1) is 25.1 Å². The van der Waals surface area contributed by atoms with E-state index in [4.69, 9.17) is 9.84 Å². The van der Waals surface area contributed by atoms with Crippen molar-refractivity contribution < 1.29 is 19.1 Å². The number of aliphatic hydroxyl groups excluding tert-OH is 1. The van der Waals surface area contributed by atoms with E-state index in [0.717, 1.165) is 0 Å². The highest BCUT2D eigenvalue weighted by molar-refractivity contribution is 5.72. The van der Waals surface area contributed by atoms with Gasteiger partial charge in [-0.15, -0.1) is 0 Å². The molecule has 0 amide bonds. The van der Waals surface area contributed by atoms with Crippen molar-refractivity contribution in [2.75, 3.05) is 0 Å². The normalized spacial score (nSPS) is 23.7. The van der Waals surface area contributed by atoms with Crippen molar-refractivity contribution in [3.63, 3.8) is 0 Å². The maximum absolute atomic E-state index is 10.0. The van der Waals surface area contributed by atoms with E-state index in [9.17, 15) is 4.79 Å². The van der Waals surface area contributed by atoms with Crippen molar-refractivity contribution in [2.45, 2.75) is 45.5 Å². The Bertz CT molecular complexity index is 311. The van der Waals surface area contributed by atoms with Gasteiger partial charge in [0, 0.05) is 5.56 Å². The van der Waals surface area contributed by atoms with Gasteiger partial charge < -0.3 is 14.3 Å². The first-order chi connectivity index (χ1) is 7.67. The third-order valence-corrected chi connectivity index (χ3v) is 2.50. The molecule has 2 atom stereocenters. The van der Waals surface area contributed by atoms with Crippen LogP contribution in [0.15, 0.2) is 16.7 Å². The molecule has 0 saturated carbocycles. The molecule has 0 aromatic carbocycles. The molecule has 2 heterocycles. The van der Waals surface area contributed by atoms with E-state index in [-0.39, 0.29) is 12.4 Å². The Balaban J connectivity index is 0.000000165. The van der Waals surface area contributed by atoms with Crippen LogP contribution in [0.25, 0.3) is 0 Å². The molecule has 1 N–H and O–H groups in total. The van der Waals surface area contributed by atoms with E-state index in [0.29, 0.717) is 24.1 Å². The van der Waals surface area contributed by atoms with Gasteiger partial charge in [-0.05, 0) is 32.8 Å². The Kier molecular flexibility index (Phi) is 5.22. The predicted molar refractivity (Wildman–Crippen MR) is 59.3 cm³/mol. The van der Waals surface area contributed by atoms with Crippen LogP contribution in [-0.4, -0.2) is 23.6 Å². The molecule has 0 aliphatic carbocycles. The van der Waals surface area contributed by atoms with E-state index in [1.807, 2.05) is 0 Å². The number of carbonyl (C=O) groups excluding carboxylic acids is 1. The fraction of sp³-hybridized carbons (Fsp3) is 0.583. The highest BCUT2D eigenvalue weighted by Gasteiger charge is 2.16. The summed E-state index contributed by atoms with van der Waals surface area (Å²) in [5.41, 5.74) is 0.532. The van der Waals surface area contributed by atoms with Crippen LogP contribution in [0.2, 0.25) is 0 Å². The van der Waals surface area contributed by atoms with E-state index < -0.39 is 0 Å². The lowest BCUT2D eigenvalue weighted by atomic mass is 10.2. The molecule has 0 spiro atoms. The molecule has 1 saturated heterocycles. The molecule has 0 bridgehead atoms. The Hall–Kier alpha value is -1.13. The lowest BCUT2D eigenvalue weighted by Crippen LogP contribution is -2.01. The van der Waals surface area contributed by atoms with Gasteiger partial charge in [0.25, 0.3) is 0 Å². The van der Waals surface area contributed by atoms with Gasteiger partial charge in [-0.1, -0.05) is 0 Å². The summed E-state index contributed by atoms with van der Waals surface area (Å²) in [6.07, 6.45) is 5.49. The summed E-state index contributed by atoms with van der Waals surface area (Å²) in [4.78, 5) is 10.0. The fourth-order valence-electron chi connectivity index (χ4n) is 1.58. The molecule has 1 aromatic heterocycles. The second-order valence-corrected chi connectivity index (χ2v) is 3.92. The van der Waals surface area contributed by atoms with Gasteiger partial charge in [0.1, 0.15) is 0 Å². The number of carbonyl (C=O) groups is 1. The molecule has 2 unspecified atom stereocenters. The van der Waals surface area contributed by atoms with Crippen molar-refractivity contribution in [2.24, 2.45) is 0 Å². The molecule has 16 heavy (non-hydrogen) atoms. The van der Waals surface area contributed by atoms with Gasteiger partial charge in [0.15, 0.2) is 12.0 Å². The van der Waals surface area contributed by atoms with Crippen LogP contribution >= 0.6 is 0 Å². The fourth-order valence-corrected chi connectivity index (χ4v) is 1.58. The van der Waals surface area contributed by atoms with Crippen LogP contribution in [0.3, 0.4) is 0 Å². The largest absolute Gasteiger partial charge is 0.461 e. The number of aliphatic hydroxyl groups is 1. The number of aldehydes is 1. The van der Waals surface area contributed by atoms with Gasteiger partial charge in [-0.3, -0.25) is 4.79 Å². The van der Waals surface area contributed by atoms with Crippen LogP contribution < -0.4 is 0 Å². The van der Waals surface area contributed by atoms with Crippen molar-refractivity contribution in [1.82, 2.24) is 0 Å². The van der Waals surface area contributed by atoms with Gasteiger partial charge in [-0.25, -0.2) is 0 Å². The zero-order valence-electron chi connectivity index (χ0n) is 9.68. The number of hydrogen-bond acceptors (Lipinski definition) is 4. The molecule has 4 heteroatoms. The zero-order valence-corrected chi connectivity index (χ0v) is 9.68. The first-order valence-electron chi connectivity index (χ1n) is 5.45. The molecule has 0 radical (unpaired) electrons. The quantitative estimate of drug-likeness (QED) is 0.785. The average Bonchev–Trinajstić information content (AvgIpc) is 2.87. The van der Waals surface area contributed by atoms with Crippen molar-refractivity contribution in [3.05, 3.63) is 23.7 Å². The Morgan fingerprint density at radius 1 is 1.44 bits per heavy atom. The zero-order chi connectivity index (χ0) is 12.0. The summed E-state index contributed by atoms with van der Waals surface area (Å²) in [5, 5.41) is 8.52. The van der Waals surface area contributed by atoms with Gasteiger partial charge >= 0.3 is 0 Å². The summed E-state index contributed by atoms with van der Waals surface area (Å²) >= 11 is 0. The number of furan rings is 1. The second kappa shape index (κ2) is 6.45. The maximum atomic E-state index is 10.0. The minimum atomic E-state index is -0.148. The van der Waals surface area contributed by atoms with E-state index in [1.165, 1.54) is 19.1 Å². The van der Waals surface area contributed by atoms with Gasteiger partial charge in [0.2, 0.25) is 0 Å². The molecular formula is C12H18O4. The third-order valence-electron chi connectivity index (χ3n) is 2.50. The first-order valence-corrected chi connectivity index (χ1v) is 5.45. The Labute approximate surface area is 95.2 Å². The summed E-state index contributed by atoms with van der Waals surface area (Å²) in [6, 6.07) is 1.56. The SMILES string of the molecule is CC1CCC(C)O1.O=Cc1occc1CO. The third kappa shape index (κ3) is 3.79. The summed E-state index contributed by atoms with van der Waals surface area (Å²) < 4.78 is 10.0. The summed E-state index contributed by atoms with van der Waals surface area (Å²) in [7, 11) is 0. The van der Waals surface area contributed by atoms with Crippen molar-refractivity contribution in [3.8, 4) is 0 Å². The minimum absolute atomic E-state index is 0.148. The van der Waals surface area contributed by atoms with Crippen LogP contribution in [0.5, 0.6) is 0 Å². The standard InChI is InChI=1S/C6H6O3.C6H12O/c7-3-5-1-2-9-6(5)4-8;1-5-3-4-6(2)7-5/h1-2,4,7H,3H2;5-6H,3-4H2,1-2H3. The Morgan fingerprint density at radius 2 is 2.06 bits per heavy atom. The highest BCUT2D eigenvalue weighted by Crippen LogP contribution is 2.17. The maximum Gasteiger partial charge on any atom is 0.185 e. The molecule has 1 aliphatic heterocycles. The minimum Gasteiger partial charge on any atom is -0.461 e. The first kappa shape index (κ1) is 12.9.